The number of nitrogen functional groups attached to an aromatic ring is 1. The number of methoxy groups -OCH3 is 1. The van der Waals surface area contributed by atoms with Crippen LogP contribution in [0, 0.1) is 0 Å². The van der Waals surface area contributed by atoms with Crippen LogP contribution in [-0.4, -0.2) is 23.9 Å². The summed E-state index contributed by atoms with van der Waals surface area (Å²) in [4.78, 5) is 0. The van der Waals surface area contributed by atoms with Gasteiger partial charge in [0.05, 0.1) is 25.0 Å². The molecule has 19 heavy (non-hydrogen) atoms. The van der Waals surface area contributed by atoms with Gasteiger partial charge in [-0.1, -0.05) is 19.4 Å². The number of rotatable bonds is 6. The summed E-state index contributed by atoms with van der Waals surface area (Å²) < 4.78 is 11.2. The van der Waals surface area contributed by atoms with Gasteiger partial charge in [-0.2, -0.15) is 5.10 Å². The molecule has 1 aromatic carbocycles. The van der Waals surface area contributed by atoms with Crippen molar-refractivity contribution >= 4 is 5.82 Å². The summed E-state index contributed by atoms with van der Waals surface area (Å²) in [5.41, 5.74) is 7.30. The van der Waals surface area contributed by atoms with Crippen molar-refractivity contribution in [2.24, 2.45) is 0 Å². The molecule has 0 saturated carbocycles. The van der Waals surface area contributed by atoms with E-state index in [1.54, 1.807) is 13.2 Å². The molecule has 5 nitrogen and oxygen atoms in total. The first kappa shape index (κ1) is 13.3. The Hall–Kier alpha value is -2.17. The number of nitrogens with one attached hydrogen (secondary N) is 1. The van der Waals surface area contributed by atoms with Crippen LogP contribution in [-0.2, 0) is 0 Å². The van der Waals surface area contributed by atoms with Crippen LogP contribution in [0.5, 0.6) is 11.5 Å². The fourth-order valence-corrected chi connectivity index (χ4v) is 1.86. The summed E-state index contributed by atoms with van der Waals surface area (Å²) in [6, 6.07) is 7.48. The number of hydrogen-bond acceptors (Lipinski definition) is 4. The highest BCUT2D eigenvalue weighted by molar-refractivity contribution is 5.75. The number of H-pyrrole nitrogens is 1. The lowest BCUT2D eigenvalue weighted by molar-refractivity contribution is 0.308. The molecule has 2 rings (SSSR count). The Kier molecular flexibility index (Phi) is 4.28. The van der Waals surface area contributed by atoms with Gasteiger partial charge in [0.25, 0.3) is 0 Å². The molecule has 0 bridgehead atoms. The van der Waals surface area contributed by atoms with Crippen molar-refractivity contribution in [1.82, 2.24) is 10.2 Å². The number of nitrogens with two attached hydrogens (primary N) is 1. The minimum Gasteiger partial charge on any atom is -0.496 e. The molecular formula is C14H19N3O2. The normalized spacial score (nSPS) is 10.4. The van der Waals surface area contributed by atoms with E-state index in [-0.39, 0.29) is 0 Å². The van der Waals surface area contributed by atoms with Gasteiger partial charge < -0.3 is 15.2 Å². The van der Waals surface area contributed by atoms with Crippen molar-refractivity contribution in [3.05, 3.63) is 24.3 Å². The highest BCUT2D eigenvalue weighted by Gasteiger charge is 2.14. The van der Waals surface area contributed by atoms with Crippen LogP contribution in [0.15, 0.2) is 24.3 Å². The van der Waals surface area contributed by atoms with Crippen molar-refractivity contribution in [1.29, 1.82) is 0 Å². The van der Waals surface area contributed by atoms with Gasteiger partial charge in [0, 0.05) is 6.07 Å². The van der Waals surface area contributed by atoms with E-state index in [1.807, 2.05) is 18.2 Å². The Morgan fingerprint density at radius 2 is 2.11 bits per heavy atom. The number of anilines is 1. The number of aromatic amines is 1. The number of aromatic nitrogens is 2. The molecule has 0 atom stereocenters. The van der Waals surface area contributed by atoms with E-state index in [4.69, 9.17) is 15.2 Å². The smallest absolute Gasteiger partial charge is 0.145 e. The summed E-state index contributed by atoms with van der Waals surface area (Å²) >= 11 is 0. The van der Waals surface area contributed by atoms with Gasteiger partial charge in [-0.15, -0.1) is 0 Å². The summed E-state index contributed by atoms with van der Waals surface area (Å²) in [5, 5.41) is 6.84. The lowest BCUT2D eigenvalue weighted by atomic mass is 10.1. The van der Waals surface area contributed by atoms with Gasteiger partial charge in [-0.05, 0) is 18.6 Å². The lowest BCUT2D eigenvalue weighted by Crippen LogP contribution is -1.99. The second-order valence-corrected chi connectivity index (χ2v) is 4.24. The molecule has 0 unspecified atom stereocenters. The van der Waals surface area contributed by atoms with Crippen LogP contribution in [0.3, 0.4) is 0 Å². The Morgan fingerprint density at radius 3 is 2.74 bits per heavy atom. The maximum absolute atomic E-state index is 5.82. The van der Waals surface area contributed by atoms with Crippen LogP contribution < -0.4 is 15.2 Å². The Labute approximate surface area is 112 Å². The van der Waals surface area contributed by atoms with Crippen molar-refractivity contribution in [3.63, 3.8) is 0 Å². The molecule has 2 aromatic rings. The van der Waals surface area contributed by atoms with Crippen molar-refractivity contribution in [2.75, 3.05) is 19.5 Å². The monoisotopic (exact) mass is 261 g/mol. The van der Waals surface area contributed by atoms with Gasteiger partial charge in [-0.25, -0.2) is 0 Å². The fraction of sp³-hybridized carbons (Fsp3) is 0.357. The first-order valence-electron chi connectivity index (χ1n) is 6.37. The van der Waals surface area contributed by atoms with Crippen LogP contribution >= 0.6 is 0 Å². The van der Waals surface area contributed by atoms with Gasteiger partial charge >= 0.3 is 0 Å². The Balaban J connectivity index is 2.37. The van der Waals surface area contributed by atoms with E-state index in [1.165, 1.54) is 0 Å². The van der Waals surface area contributed by atoms with Crippen molar-refractivity contribution in [3.8, 4) is 22.8 Å². The Bertz CT molecular complexity index is 537. The van der Waals surface area contributed by atoms with Crippen LogP contribution in [0.4, 0.5) is 5.82 Å². The van der Waals surface area contributed by atoms with Gasteiger partial charge in [0.15, 0.2) is 0 Å². The zero-order valence-electron chi connectivity index (χ0n) is 11.3. The third-order valence-electron chi connectivity index (χ3n) is 2.83. The molecule has 1 aromatic heterocycles. The second-order valence-electron chi connectivity index (χ2n) is 4.24. The number of nitrogens with zero attached hydrogens (tertiary/aromatic N) is 1. The summed E-state index contributed by atoms with van der Waals surface area (Å²) in [6.45, 7) is 2.81. The molecule has 0 radical (unpaired) electrons. The summed E-state index contributed by atoms with van der Waals surface area (Å²) in [7, 11) is 1.63. The van der Waals surface area contributed by atoms with Crippen molar-refractivity contribution in [2.45, 2.75) is 19.8 Å². The molecule has 102 valence electrons. The predicted octanol–water partition coefficient (Wildman–Crippen LogP) is 2.85. The van der Waals surface area contributed by atoms with Gasteiger partial charge in [0.1, 0.15) is 17.3 Å². The largest absolute Gasteiger partial charge is 0.496 e. The maximum Gasteiger partial charge on any atom is 0.145 e. The quantitative estimate of drug-likeness (QED) is 0.784. The minimum atomic E-state index is 0.445. The third kappa shape index (κ3) is 2.99. The molecule has 0 aliphatic heterocycles. The van der Waals surface area contributed by atoms with E-state index in [2.05, 4.69) is 17.1 Å². The van der Waals surface area contributed by atoms with E-state index >= 15 is 0 Å². The average molecular weight is 261 g/mol. The van der Waals surface area contributed by atoms with E-state index in [9.17, 15) is 0 Å². The minimum absolute atomic E-state index is 0.445. The molecule has 0 aliphatic rings. The zero-order valence-corrected chi connectivity index (χ0v) is 11.3. The SMILES string of the molecule is CCCCOc1cccc(OC)c1-c1cc(N)n[nH]1. The van der Waals surface area contributed by atoms with Crippen LogP contribution in [0.1, 0.15) is 19.8 Å². The molecule has 0 amide bonds. The van der Waals surface area contributed by atoms with E-state index in [0.29, 0.717) is 12.4 Å². The lowest BCUT2D eigenvalue weighted by Gasteiger charge is -2.13. The van der Waals surface area contributed by atoms with Gasteiger partial charge in [-0.3, -0.25) is 5.10 Å². The first-order chi connectivity index (χ1) is 9.26. The van der Waals surface area contributed by atoms with Crippen molar-refractivity contribution < 1.29 is 9.47 Å². The van der Waals surface area contributed by atoms with E-state index in [0.717, 1.165) is 35.6 Å². The molecular weight excluding hydrogens is 242 g/mol. The predicted molar refractivity (Wildman–Crippen MR) is 75.4 cm³/mol. The summed E-state index contributed by atoms with van der Waals surface area (Å²) in [6.07, 6.45) is 2.11. The highest BCUT2D eigenvalue weighted by atomic mass is 16.5. The topological polar surface area (TPSA) is 73.2 Å². The molecule has 0 fully saturated rings. The number of benzene rings is 1. The third-order valence-corrected chi connectivity index (χ3v) is 2.83. The zero-order chi connectivity index (χ0) is 13.7. The standard InChI is InChI=1S/C14H19N3O2/c1-3-4-8-19-12-7-5-6-11(18-2)14(12)10-9-13(15)17-16-10/h5-7,9H,3-4,8H2,1-2H3,(H3,15,16,17). The highest BCUT2D eigenvalue weighted by Crippen LogP contribution is 2.37. The molecule has 3 N–H and O–H groups in total. The molecule has 0 aliphatic carbocycles. The Morgan fingerprint density at radius 1 is 1.32 bits per heavy atom. The second kappa shape index (κ2) is 6.13. The van der Waals surface area contributed by atoms with E-state index < -0.39 is 0 Å². The summed E-state index contributed by atoms with van der Waals surface area (Å²) in [5.74, 6) is 1.95. The molecule has 5 heteroatoms. The molecule has 0 saturated heterocycles. The number of hydrogen-bond donors (Lipinski definition) is 2. The number of unbranched alkanes of at least 4 members (excludes halogenated alkanes) is 1. The molecule has 0 spiro atoms. The molecule has 1 heterocycles. The number of ether oxygens (including phenoxy) is 2. The fourth-order valence-electron chi connectivity index (χ4n) is 1.86. The maximum atomic E-state index is 5.82. The van der Waals surface area contributed by atoms with Crippen LogP contribution in [0.25, 0.3) is 11.3 Å². The average Bonchev–Trinajstić information content (AvgIpc) is 2.85. The van der Waals surface area contributed by atoms with Crippen LogP contribution in [0.2, 0.25) is 0 Å². The first-order valence-corrected chi connectivity index (χ1v) is 6.37. The van der Waals surface area contributed by atoms with Gasteiger partial charge in [0.2, 0.25) is 0 Å².